The van der Waals surface area contributed by atoms with Crippen molar-refractivity contribution in [3.05, 3.63) is 0 Å². The molecule has 0 aromatic heterocycles. The maximum Gasteiger partial charge on any atom is 0.223 e. The molecule has 0 aromatic rings. The lowest BCUT2D eigenvalue weighted by Crippen LogP contribution is -2.51. The number of halogens is 1. The number of carbonyl (C=O) groups excluding carboxylic acids is 1. The van der Waals surface area contributed by atoms with E-state index in [0.29, 0.717) is 25.5 Å². The summed E-state index contributed by atoms with van der Waals surface area (Å²) in [5, 5.41) is 0. The number of rotatable bonds is 4. The SMILES string of the molecule is CC1COC(CCl)CN1C(=O)CCC1CCCO1. The smallest absolute Gasteiger partial charge is 0.223 e. The quantitative estimate of drug-likeness (QED) is 0.735. The number of hydrogen-bond acceptors (Lipinski definition) is 3. The molecule has 2 heterocycles. The van der Waals surface area contributed by atoms with Gasteiger partial charge in [0.1, 0.15) is 0 Å². The van der Waals surface area contributed by atoms with Crippen molar-refractivity contribution in [3.8, 4) is 0 Å². The molecule has 2 fully saturated rings. The van der Waals surface area contributed by atoms with Crippen LogP contribution in [0.2, 0.25) is 0 Å². The molecule has 2 aliphatic heterocycles. The van der Waals surface area contributed by atoms with Crippen molar-refractivity contribution in [1.82, 2.24) is 4.90 Å². The van der Waals surface area contributed by atoms with Crippen LogP contribution in [-0.4, -0.2) is 54.7 Å². The monoisotopic (exact) mass is 275 g/mol. The van der Waals surface area contributed by atoms with Crippen molar-refractivity contribution in [3.63, 3.8) is 0 Å². The molecular weight excluding hydrogens is 254 g/mol. The van der Waals surface area contributed by atoms with Gasteiger partial charge in [0.25, 0.3) is 0 Å². The fourth-order valence-corrected chi connectivity index (χ4v) is 2.75. The molecule has 0 aromatic carbocycles. The lowest BCUT2D eigenvalue weighted by Gasteiger charge is -2.37. The summed E-state index contributed by atoms with van der Waals surface area (Å²) < 4.78 is 11.1. The second-order valence-electron chi connectivity index (χ2n) is 5.18. The first-order valence-electron chi connectivity index (χ1n) is 6.79. The first-order chi connectivity index (χ1) is 8.70. The molecule has 2 saturated heterocycles. The van der Waals surface area contributed by atoms with E-state index in [1.165, 1.54) is 0 Å². The van der Waals surface area contributed by atoms with E-state index in [4.69, 9.17) is 21.1 Å². The molecule has 3 unspecified atom stereocenters. The Kier molecular flexibility index (Phi) is 5.27. The van der Waals surface area contributed by atoms with Gasteiger partial charge < -0.3 is 14.4 Å². The van der Waals surface area contributed by atoms with Crippen LogP contribution >= 0.6 is 11.6 Å². The normalized spacial score (nSPS) is 32.8. The van der Waals surface area contributed by atoms with Crippen LogP contribution in [0.5, 0.6) is 0 Å². The molecule has 4 nitrogen and oxygen atoms in total. The molecule has 0 N–H and O–H groups in total. The number of nitrogens with zero attached hydrogens (tertiary/aromatic N) is 1. The van der Waals surface area contributed by atoms with E-state index in [9.17, 15) is 4.79 Å². The second kappa shape index (κ2) is 6.73. The van der Waals surface area contributed by atoms with E-state index < -0.39 is 0 Å². The molecule has 1 amide bonds. The molecular formula is C13H22ClNO3. The Morgan fingerprint density at radius 1 is 1.39 bits per heavy atom. The molecule has 3 atom stereocenters. The number of morpholine rings is 1. The van der Waals surface area contributed by atoms with E-state index in [1.54, 1.807) is 0 Å². The fourth-order valence-electron chi connectivity index (χ4n) is 2.56. The highest BCUT2D eigenvalue weighted by Gasteiger charge is 2.29. The zero-order valence-electron chi connectivity index (χ0n) is 10.9. The van der Waals surface area contributed by atoms with Crippen molar-refractivity contribution in [2.24, 2.45) is 0 Å². The Labute approximate surface area is 114 Å². The van der Waals surface area contributed by atoms with E-state index in [1.807, 2.05) is 11.8 Å². The molecule has 0 aliphatic carbocycles. The van der Waals surface area contributed by atoms with Crippen molar-refractivity contribution in [2.45, 2.75) is 50.9 Å². The molecule has 0 saturated carbocycles. The first-order valence-corrected chi connectivity index (χ1v) is 7.32. The third-order valence-electron chi connectivity index (χ3n) is 3.70. The van der Waals surface area contributed by atoms with Crippen LogP contribution in [-0.2, 0) is 14.3 Å². The lowest BCUT2D eigenvalue weighted by molar-refractivity contribution is -0.143. The minimum atomic E-state index is -0.0189. The molecule has 18 heavy (non-hydrogen) atoms. The zero-order chi connectivity index (χ0) is 13.0. The summed E-state index contributed by atoms with van der Waals surface area (Å²) >= 11 is 5.80. The topological polar surface area (TPSA) is 38.8 Å². The maximum atomic E-state index is 12.2. The van der Waals surface area contributed by atoms with Crippen LogP contribution in [0.4, 0.5) is 0 Å². The molecule has 0 radical (unpaired) electrons. The second-order valence-corrected chi connectivity index (χ2v) is 5.49. The van der Waals surface area contributed by atoms with Gasteiger partial charge in [0.15, 0.2) is 0 Å². The number of amides is 1. The van der Waals surface area contributed by atoms with E-state index >= 15 is 0 Å². The third-order valence-corrected chi connectivity index (χ3v) is 4.05. The summed E-state index contributed by atoms with van der Waals surface area (Å²) in [5.41, 5.74) is 0. The summed E-state index contributed by atoms with van der Waals surface area (Å²) in [6.07, 6.45) is 3.90. The van der Waals surface area contributed by atoms with Gasteiger partial charge in [-0.1, -0.05) is 0 Å². The molecule has 0 bridgehead atoms. The Bertz CT molecular complexity index is 281. The van der Waals surface area contributed by atoms with E-state index in [2.05, 4.69) is 0 Å². The Morgan fingerprint density at radius 3 is 2.89 bits per heavy atom. The van der Waals surface area contributed by atoms with Crippen LogP contribution in [0.25, 0.3) is 0 Å². The van der Waals surface area contributed by atoms with Crippen LogP contribution < -0.4 is 0 Å². The third kappa shape index (κ3) is 3.59. The average molecular weight is 276 g/mol. The maximum absolute atomic E-state index is 12.2. The largest absolute Gasteiger partial charge is 0.378 e. The Hall–Kier alpha value is -0.320. The van der Waals surface area contributed by atoms with Gasteiger partial charge in [-0.05, 0) is 26.2 Å². The van der Waals surface area contributed by atoms with Crippen LogP contribution in [0.1, 0.15) is 32.6 Å². The fraction of sp³-hybridized carbons (Fsp3) is 0.923. The molecule has 0 spiro atoms. The number of alkyl halides is 1. The van der Waals surface area contributed by atoms with E-state index in [0.717, 1.165) is 25.9 Å². The zero-order valence-corrected chi connectivity index (χ0v) is 11.7. The lowest BCUT2D eigenvalue weighted by atomic mass is 10.1. The first kappa shape index (κ1) is 14.1. The van der Waals surface area contributed by atoms with Gasteiger partial charge in [0.05, 0.1) is 30.7 Å². The van der Waals surface area contributed by atoms with E-state index in [-0.39, 0.29) is 24.2 Å². The Morgan fingerprint density at radius 2 is 2.22 bits per heavy atom. The minimum absolute atomic E-state index is 0.0189. The van der Waals surface area contributed by atoms with Gasteiger partial charge in [-0.3, -0.25) is 4.79 Å². The van der Waals surface area contributed by atoms with Crippen molar-refractivity contribution < 1.29 is 14.3 Å². The van der Waals surface area contributed by atoms with Gasteiger partial charge in [-0.25, -0.2) is 0 Å². The summed E-state index contributed by atoms with van der Waals surface area (Å²) in [6.45, 7) is 4.08. The Balaban J connectivity index is 1.78. The summed E-state index contributed by atoms with van der Waals surface area (Å²) in [7, 11) is 0. The highest BCUT2D eigenvalue weighted by atomic mass is 35.5. The molecule has 2 aliphatic rings. The number of ether oxygens (including phenoxy) is 2. The van der Waals surface area contributed by atoms with Gasteiger partial charge in [-0.15, -0.1) is 11.6 Å². The minimum Gasteiger partial charge on any atom is -0.378 e. The van der Waals surface area contributed by atoms with Crippen LogP contribution in [0, 0.1) is 0 Å². The van der Waals surface area contributed by atoms with Gasteiger partial charge in [0, 0.05) is 19.6 Å². The van der Waals surface area contributed by atoms with Crippen molar-refractivity contribution in [2.75, 3.05) is 25.6 Å². The highest BCUT2D eigenvalue weighted by Crippen LogP contribution is 2.19. The standard InChI is InChI=1S/C13H22ClNO3/c1-10-9-18-12(7-14)8-15(10)13(16)5-4-11-3-2-6-17-11/h10-12H,2-9H2,1H3. The van der Waals surface area contributed by atoms with Gasteiger partial charge >= 0.3 is 0 Å². The molecule has 104 valence electrons. The average Bonchev–Trinajstić information content (AvgIpc) is 2.89. The summed E-state index contributed by atoms with van der Waals surface area (Å²) in [5.74, 6) is 0.652. The number of carbonyl (C=O) groups is 1. The van der Waals surface area contributed by atoms with Crippen molar-refractivity contribution in [1.29, 1.82) is 0 Å². The van der Waals surface area contributed by atoms with Crippen LogP contribution in [0.3, 0.4) is 0 Å². The summed E-state index contributed by atoms with van der Waals surface area (Å²) in [4.78, 5) is 14.1. The number of hydrogen-bond donors (Lipinski definition) is 0. The van der Waals surface area contributed by atoms with Crippen LogP contribution in [0.15, 0.2) is 0 Å². The van der Waals surface area contributed by atoms with Crippen molar-refractivity contribution >= 4 is 17.5 Å². The summed E-state index contributed by atoms with van der Waals surface area (Å²) in [6, 6.07) is 0.154. The highest BCUT2D eigenvalue weighted by molar-refractivity contribution is 6.18. The molecule has 2 rings (SSSR count). The van der Waals surface area contributed by atoms with Gasteiger partial charge in [-0.2, -0.15) is 0 Å². The predicted octanol–water partition coefficient (Wildman–Crippen LogP) is 1.80. The molecule has 5 heteroatoms. The van der Waals surface area contributed by atoms with Gasteiger partial charge in [0.2, 0.25) is 5.91 Å². The predicted molar refractivity (Wildman–Crippen MR) is 69.8 cm³/mol.